The highest BCUT2D eigenvalue weighted by atomic mass is 16.6. The van der Waals surface area contributed by atoms with E-state index in [1.54, 1.807) is 54.6 Å². The van der Waals surface area contributed by atoms with Gasteiger partial charge in [-0.1, -0.05) is 60.7 Å². The first-order valence-corrected chi connectivity index (χ1v) is 7.14. The van der Waals surface area contributed by atoms with E-state index >= 15 is 0 Å². The van der Waals surface area contributed by atoms with Gasteiger partial charge < -0.3 is 9.15 Å². The van der Waals surface area contributed by atoms with Crippen LogP contribution in [0.4, 0.5) is 0 Å². The average Bonchev–Trinajstić information content (AvgIpc) is 3.15. The Labute approximate surface area is 133 Å². The third-order valence-corrected chi connectivity index (χ3v) is 3.35. The molecule has 3 rings (SSSR count). The smallest absolute Gasteiger partial charge is 0.375 e. The summed E-state index contributed by atoms with van der Waals surface area (Å²) >= 11 is 0. The van der Waals surface area contributed by atoms with Crippen molar-refractivity contribution in [1.29, 1.82) is 0 Å². The fourth-order valence-electron chi connectivity index (χ4n) is 2.21. The molecule has 114 valence electrons. The van der Waals surface area contributed by atoms with E-state index in [1.807, 2.05) is 12.1 Å². The molecule has 0 aliphatic carbocycles. The number of esters is 1. The van der Waals surface area contributed by atoms with Crippen molar-refractivity contribution in [2.75, 3.05) is 0 Å². The van der Waals surface area contributed by atoms with E-state index in [0.717, 1.165) is 0 Å². The molecule has 1 atom stereocenters. The van der Waals surface area contributed by atoms with Gasteiger partial charge in [0.15, 0.2) is 6.10 Å². The zero-order valence-electron chi connectivity index (χ0n) is 12.2. The van der Waals surface area contributed by atoms with Crippen LogP contribution in [0.2, 0.25) is 0 Å². The Morgan fingerprint density at radius 3 is 2.09 bits per heavy atom. The summed E-state index contributed by atoms with van der Waals surface area (Å²) in [5.41, 5.74) is 1.09. The maximum atomic E-state index is 12.7. The number of carbonyl (C=O) groups excluding carboxylic acids is 2. The molecule has 0 unspecified atom stereocenters. The number of furan rings is 1. The highest BCUT2D eigenvalue weighted by Gasteiger charge is 2.27. The minimum Gasteiger partial charge on any atom is -0.457 e. The van der Waals surface area contributed by atoms with E-state index in [4.69, 9.17) is 9.15 Å². The van der Waals surface area contributed by atoms with E-state index in [0.29, 0.717) is 11.1 Å². The van der Waals surface area contributed by atoms with Crippen LogP contribution in [-0.4, -0.2) is 11.8 Å². The Kier molecular flexibility index (Phi) is 4.34. The SMILES string of the molecule is O=C(O[C@@H](C(=O)c1ccccc1)c1ccccc1)c1ccco1. The van der Waals surface area contributed by atoms with Crippen molar-refractivity contribution in [3.8, 4) is 0 Å². The highest BCUT2D eigenvalue weighted by Crippen LogP contribution is 2.24. The first kappa shape index (κ1) is 14.8. The van der Waals surface area contributed by atoms with Crippen molar-refractivity contribution < 1.29 is 18.7 Å². The van der Waals surface area contributed by atoms with Crippen LogP contribution < -0.4 is 0 Å². The number of ketones is 1. The Morgan fingerprint density at radius 2 is 1.48 bits per heavy atom. The Bertz CT molecular complexity index is 777. The van der Waals surface area contributed by atoms with Gasteiger partial charge in [-0.25, -0.2) is 4.79 Å². The van der Waals surface area contributed by atoms with Crippen molar-refractivity contribution in [3.63, 3.8) is 0 Å². The van der Waals surface area contributed by atoms with Gasteiger partial charge in [0.1, 0.15) is 0 Å². The molecule has 0 spiro atoms. The topological polar surface area (TPSA) is 56.5 Å². The number of ether oxygens (including phenoxy) is 1. The number of Topliss-reactive ketones (excluding diaryl/α,β-unsaturated/α-hetero) is 1. The van der Waals surface area contributed by atoms with E-state index in [2.05, 4.69) is 0 Å². The van der Waals surface area contributed by atoms with Crippen LogP contribution in [0.15, 0.2) is 83.5 Å². The van der Waals surface area contributed by atoms with Gasteiger partial charge in [0, 0.05) is 11.1 Å². The normalized spacial score (nSPS) is 11.7. The van der Waals surface area contributed by atoms with Crippen LogP contribution in [0, 0.1) is 0 Å². The minimum atomic E-state index is -1.02. The van der Waals surface area contributed by atoms with E-state index in [9.17, 15) is 9.59 Å². The number of rotatable bonds is 5. The molecular weight excluding hydrogens is 292 g/mol. The first-order chi connectivity index (χ1) is 11.3. The van der Waals surface area contributed by atoms with E-state index in [-0.39, 0.29) is 11.5 Å². The summed E-state index contributed by atoms with van der Waals surface area (Å²) in [5.74, 6) is -0.892. The quantitative estimate of drug-likeness (QED) is 0.527. The lowest BCUT2D eigenvalue weighted by atomic mass is 10.00. The van der Waals surface area contributed by atoms with Gasteiger partial charge in [0.25, 0.3) is 0 Å². The zero-order chi connectivity index (χ0) is 16.1. The predicted molar refractivity (Wildman–Crippen MR) is 84.1 cm³/mol. The fraction of sp³-hybridized carbons (Fsp3) is 0.0526. The standard InChI is InChI=1S/C19H14O4/c20-17(14-8-3-1-4-9-14)18(15-10-5-2-6-11-15)23-19(21)16-12-7-13-22-16/h1-13,18H/t18-/m1/s1. The molecule has 0 fully saturated rings. The maximum Gasteiger partial charge on any atom is 0.375 e. The molecule has 0 aliphatic heterocycles. The molecule has 1 heterocycles. The van der Waals surface area contributed by atoms with Crippen LogP contribution in [-0.2, 0) is 4.74 Å². The van der Waals surface area contributed by atoms with Crippen molar-refractivity contribution in [3.05, 3.63) is 95.9 Å². The van der Waals surface area contributed by atoms with Gasteiger partial charge in [0.05, 0.1) is 6.26 Å². The number of hydrogen-bond acceptors (Lipinski definition) is 4. The van der Waals surface area contributed by atoms with Crippen LogP contribution >= 0.6 is 0 Å². The molecule has 23 heavy (non-hydrogen) atoms. The van der Waals surface area contributed by atoms with Gasteiger partial charge in [-0.15, -0.1) is 0 Å². The molecular formula is C19H14O4. The average molecular weight is 306 g/mol. The van der Waals surface area contributed by atoms with Gasteiger partial charge in [0.2, 0.25) is 11.5 Å². The second kappa shape index (κ2) is 6.75. The van der Waals surface area contributed by atoms with E-state index < -0.39 is 12.1 Å². The van der Waals surface area contributed by atoms with Crippen molar-refractivity contribution in [1.82, 2.24) is 0 Å². The van der Waals surface area contributed by atoms with Crippen LogP contribution in [0.3, 0.4) is 0 Å². The Morgan fingerprint density at radius 1 is 0.826 bits per heavy atom. The first-order valence-electron chi connectivity index (χ1n) is 7.14. The van der Waals surface area contributed by atoms with E-state index in [1.165, 1.54) is 12.3 Å². The van der Waals surface area contributed by atoms with Crippen molar-refractivity contribution in [2.45, 2.75) is 6.10 Å². The summed E-state index contributed by atoms with van der Waals surface area (Å²) < 4.78 is 10.4. The molecule has 0 bridgehead atoms. The second-order valence-electron chi connectivity index (χ2n) is 4.90. The molecule has 0 aliphatic rings. The number of benzene rings is 2. The molecule has 0 saturated carbocycles. The second-order valence-corrected chi connectivity index (χ2v) is 4.90. The molecule has 1 aromatic heterocycles. The summed E-state index contributed by atoms with van der Waals surface area (Å²) in [4.78, 5) is 24.9. The Hall–Kier alpha value is -3.14. The summed E-state index contributed by atoms with van der Waals surface area (Å²) in [7, 11) is 0. The maximum absolute atomic E-state index is 12.7. The largest absolute Gasteiger partial charge is 0.457 e. The monoisotopic (exact) mass is 306 g/mol. The molecule has 0 amide bonds. The molecule has 3 aromatic rings. The summed E-state index contributed by atoms with van der Waals surface area (Å²) in [6.07, 6.45) is 0.365. The summed E-state index contributed by atoms with van der Waals surface area (Å²) in [6.45, 7) is 0. The van der Waals surface area contributed by atoms with Crippen LogP contribution in [0.1, 0.15) is 32.6 Å². The van der Waals surface area contributed by atoms with Crippen LogP contribution in [0.25, 0.3) is 0 Å². The number of carbonyl (C=O) groups is 2. The summed E-state index contributed by atoms with van der Waals surface area (Å²) in [6, 6.07) is 20.8. The third-order valence-electron chi connectivity index (χ3n) is 3.35. The molecule has 4 heteroatoms. The molecule has 2 aromatic carbocycles. The van der Waals surface area contributed by atoms with Gasteiger partial charge >= 0.3 is 5.97 Å². The lowest BCUT2D eigenvalue weighted by Gasteiger charge is -2.16. The lowest BCUT2D eigenvalue weighted by Crippen LogP contribution is -2.20. The zero-order valence-corrected chi connectivity index (χ0v) is 12.2. The highest BCUT2D eigenvalue weighted by molar-refractivity contribution is 6.01. The molecule has 0 N–H and O–H groups in total. The summed E-state index contributed by atoms with van der Waals surface area (Å²) in [5, 5.41) is 0. The van der Waals surface area contributed by atoms with Gasteiger partial charge in [-0.05, 0) is 12.1 Å². The number of hydrogen-bond donors (Lipinski definition) is 0. The van der Waals surface area contributed by atoms with Crippen molar-refractivity contribution >= 4 is 11.8 Å². The molecule has 4 nitrogen and oxygen atoms in total. The molecule has 0 saturated heterocycles. The Balaban J connectivity index is 1.91. The van der Waals surface area contributed by atoms with Crippen molar-refractivity contribution in [2.24, 2.45) is 0 Å². The lowest BCUT2D eigenvalue weighted by molar-refractivity contribution is 0.0250. The van der Waals surface area contributed by atoms with Gasteiger partial charge in [-0.2, -0.15) is 0 Å². The minimum absolute atomic E-state index is 0.0618. The molecule has 0 radical (unpaired) electrons. The van der Waals surface area contributed by atoms with Gasteiger partial charge in [-0.3, -0.25) is 4.79 Å². The third kappa shape index (κ3) is 3.37. The van der Waals surface area contributed by atoms with Crippen LogP contribution in [0.5, 0.6) is 0 Å². The predicted octanol–water partition coefficient (Wildman–Crippen LogP) is 4.06. The fourth-order valence-corrected chi connectivity index (χ4v) is 2.21.